The lowest BCUT2D eigenvalue weighted by atomic mass is 10.3. The average molecular weight is 255 g/mol. The Bertz CT molecular complexity index is 523. The van der Waals surface area contributed by atoms with Crippen LogP contribution in [-0.4, -0.2) is 5.91 Å². The molecule has 0 atom stereocenters. The standard InChI is InChI=1S/C15H13NOS/c17-15(16-13-7-3-1-4-8-13)11-12-18-14-9-5-2-6-10-14/h1-12H,(H,16,17)/b12-11+. The van der Waals surface area contributed by atoms with Crippen molar-refractivity contribution in [2.24, 2.45) is 0 Å². The minimum Gasteiger partial charge on any atom is -0.322 e. The zero-order valence-corrected chi connectivity index (χ0v) is 10.6. The minimum atomic E-state index is -0.121. The maximum atomic E-state index is 11.6. The molecule has 0 aliphatic carbocycles. The number of anilines is 1. The lowest BCUT2D eigenvalue weighted by Gasteiger charge is -2.00. The van der Waals surface area contributed by atoms with Gasteiger partial charge in [0, 0.05) is 16.7 Å². The molecule has 0 radical (unpaired) electrons. The molecule has 0 heterocycles. The molecule has 2 rings (SSSR count). The third-order valence-electron chi connectivity index (χ3n) is 2.21. The van der Waals surface area contributed by atoms with E-state index in [0.717, 1.165) is 10.6 Å². The fourth-order valence-corrected chi connectivity index (χ4v) is 2.04. The van der Waals surface area contributed by atoms with E-state index in [9.17, 15) is 4.79 Å². The van der Waals surface area contributed by atoms with Crippen LogP contribution in [0, 0.1) is 0 Å². The van der Waals surface area contributed by atoms with Crippen LogP contribution in [0.15, 0.2) is 77.0 Å². The lowest BCUT2D eigenvalue weighted by Crippen LogP contribution is -2.07. The second kappa shape index (κ2) is 6.67. The molecule has 0 aliphatic heterocycles. The summed E-state index contributed by atoms with van der Waals surface area (Å²) < 4.78 is 0. The molecular formula is C15H13NOS. The molecule has 18 heavy (non-hydrogen) atoms. The van der Waals surface area contributed by atoms with Crippen LogP contribution in [0.5, 0.6) is 0 Å². The van der Waals surface area contributed by atoms with Gasteiger partial charge in [0.25, 0.3) is 0 Å². The van der Waals surface area contributed by atoms with Crippen LogP contribution in [0.1, 0.15) is 0 Å². The topological polar surface area (TPSA) is 29.1 Å². The monoisotopic (exact) mass is 255 g/mol. The average Bonchev–Trinajstić information content (AvgIpc) is 2.41. The maximum absolute atomic E-state index is 11.6. The van der Waals surface area contributed by atoms with Gasteiger partial charge in [-0.2, -0.15) is 0 Å². The highest BCUT2D eigenvalue weighted by molar-refractivity contribution is 8.02. The number of para-hydroxylation sites is 1. The molecule has 2 aromatic carbocycles. The van der Waals surface area contributed by atoms with Gasteiger partial charge >= 0.3 is 0 Å². The smallest absolute Gasteiger partial charge is 0.248 e. The normalized spacial score (nSPS) is 10.4. The second-order valence-corrected chi connectivity index (χ2v) is 4.57. The Labute approximate surface area is 111 Å². The van der Waals surface area contributed by atoms with Gasteiger partial charge < -0.3 is 5.32 Å². The van der Waals surface area contributed by atoms with Gasteiger partial charge in [-0.1, -0.05) is 48.2 Å². The summed E-state index contributed by atoms with van der Waals surface area (Å²) in [5.41, 5.74) is 0.803. The number of carbonyl (C=O) groups excluding carboxylic acids is 1. The van der Waals surface area contributed by atoms with Crippen LogP contribution in [-0.2, 0) is 4.79 Å². The van der Waals surface area contributed by atoms with Crippen LogP contribution in [0.2, 0.25) is 0 Å². The summed E-state index contributed by atoms with van der Waals surface area (Å²) in [6, 6.07) is 19.3. The largest absolute Gasteiger partial charge is 0.322 e. The highest BCUT2D eigenvalue weighted by Crippen LogP contribution is 2.17. The van der Waals surface area contributed by atoms with Crippen LogP contribution < -0.4 is 5.32 Å². The second-order valence-electron chi connectivity index (χ2n) is 3.59. The molecule has 0 bridgehead atoms. The number of hydrogen-bond donors (Lipinski definition) is 1. The van der Waals surface area contributed by atoms with Gasteiger partial charge in [0.1, 0.15) is 0 Å². The Morgan fingerprint density at radius 3 is 2.22 bits per heavy atom. The van der Waals surface area contributed by atoms with Crippen molar-refractivity contribution >= 4 is 23.4 Å². The van der Waals surface area contributed by atoms with Gasteiger partial charge in [-0.15, -0.1) is 0 Å². The Hall–Kier alpha value is -2.00. The molecule has 2 aromatic rings. The van der Waals surface area contributed by atoms with E-state index in [-0.39, 0.29) is 5.91 Å². The zero-order chi connectivity index (χ0) is 12.6. The number of nitrogens with one attached hydrogen (secondary N) is 1. The summed E-state index contributed by atoms with van der Waals surface area (Å²) in [7, 11) is 0. The van der Waals surface area contributed by atoms with Gasteiger partial charge in [0.2, 0.25) is 5.91 Å². The first-order valence-corrected chi connectivity index (χ1v) is 6.47. The molecule has 2 nitrogen and oxygen atoms in total. The summed E-state index contributed by atoms with van der Waals surface area (Å²) >= 11 is 1.52. The quantitative estimate of drug-likeness (QED) is 0.662. The van der Waals surface area contributed by atoms with Crippen LogP contribution >= 0.6 is 11.8 Å². The lowest BCUT2D eigenvalue weighted by molar-refractivity contribution is -0.111. The summed E-state index contributed by atoms with van der Waals surface area (Å²) in [6.07, 6.45) is 1.53. The van der Waals surface area contributed by atoms with Gasteiger partial charge in [-0.3, -0.25) is 4.79 Å². The maximum Gasteiger partial charge on any atom is 0.248 e. The van der Waals surface area contributed by atoms with E-state index in [4.69, 9.17) is 0 Å². The molecule has 0 spiro atoms. The van der Waals surface area contributed by atoms with E-state index >= 15 is 0 Å². The Kier molecular flexibility index (Phi) is 4.61. The van der Waals surface area contributed by atoms with E-state index < -0.39 is 0 Å². The highest BCUT2D eigenvalue weighted by Gasteiger charge is 1.96. The number of thioether (sulfide) groups is 1. The van der Waals surface area contributed by atoms with Crippen molar-refractivity contribution in [3.63, 3.8) is 0 Å². The number of rotatable bonds is 4. The predicted molar refractivity (Wildman–Crippen MR) is 76.5 cm³/mol. The van der Waals surface area contributed by atoms with Gasteiger partial charge in [-0.05, 0) is 29.7 Å². The van der Waals surface area contributed by atoms with E-state index in [0.29, 0.717) is 0 Å². The summed E-state index contributed by atoms with van der Waals surface area (Å²) in [5, 5.41) is 4.57. The Morgan fingerprint density at radius 1 is 0.944 bits per heavy atom. The van der Waals surface area contributed by atoms with E-state index in [1.807, 2.05) is 60.7 Å². The van der Waals surface area contributed by atoms with Crippen molar-refractivity contribution < 1.29 is 4.79 Å². The number of carbonyl (C=O) groups is 1. The fourth-order valence-electron chi connectivity index (χ4n) is 1.38. The van der Waals surface area contributed by atoms with E-state index in [1.165, 1.54) is 17.8 Å². The first-order valence-electron chi connectivity index (χ1n) is 5.59. The highest BCUT2D eigenvalue weighted by atomic mass is 32.2. The Morgan fingerprint density at radius 2 is 1.56 bits per heavy atom. The van der Waals surface area contributed by atoms with Crippen molar-refractivity contribution in [2.75, 3.05) is 5.32 Å². The molecular weight excluding hydrogens is 242 g/mol. The summed E-state index contributed by atoms with van der Waals surface area (Å²) in [6.45, 7) is 0. The van der Waals surface area contributed by atoms with Crippen molar-refractivity contribution in [3.05, 3.63) is 72.1 Å². The zero-order valence-electron chi connectivity index (χ0n) is 9.74. The molecule has 3 heteroatoms. The molecule has 0 saturated carbocycles. The molecule has 1 amide bonds. The molecule has 1 N–H and O–H groups in total. The molecule has 0 aliphatic rings. The summed E-state index contributed by atoms with van der Waals surface area (Å²) in [4.78, 5) is 12.7. The summed E-state index contributed by atoms with van der Waals surface area (Å²) in [5.74, 6) is -0.121. The molecule has 0 aromatic heterocycles. The SMILES string of the molecule is O=C(/C=C/Sc1ccccc1)Nc1ccccc1. The van der Waals surface area contributed by atoms with E-state index in [1.54, 1.807) is 5.41 Å². The third kappa shape index (κ3) is 4.11. The molecule has 0 saturated heterocycles. The molecule has 0 fully saturated rings. The van der Waals surface area contributed by atoms with Gasteiger partial charge in [0.05, 0.1) is 0 Å². The number of benzene rings is 2. The van der Waals surface area contributed by atoms with Crippen molar-refractivity contribution in [2.45, 2.75) is 4.90 Å². The van der Waals surface area contributed by atoms with Crippen molar-refractivity contribution in [1.29, 1.82) is 0 Å². The van der Waals surface area contributed by atoms with Gasteiger partial charge in [-0.25, -0.2) is 0 Å². The van der Waals surface area contributed by atoms with Crippen LogP contribution in [0.25, 0.3) is 0 Å². The van der Waals surface area contributed by atoms with Crippen LogP contribution in [0.3, 0.4) is 0 Å². The Balaban J connectivity index is 1.85. The minimum absolute atomic E-state index is 0.121. The molecule has 0 unspecified atom stereocenters. The number of amides is 1. The first-order chi connectivity index (χ1) is 8.84. The van der Waals surface area contributed by atoms with Crippen molar-refractivity contribution in [1.82, 2.24) is 0 Å². The fraction of sp³-hybridized carbons (Fsp3) is 0. The number of hydrogen-bond acceptors (Lipinski definition) is 2. The van der Waals surface area contributed by atoms with Crippen molar-refractivity contribution in [3.8, 4) is 0 Å². The third-order valence-corrected chi connectivity index (χ3v) is 3.02. The first kappa shape index (κ1) is 12.5. The van der Waals surface area contributed by atoms with Gasteiger partial charge in [0.15, 0.2) is 0 Å². The van der Waals surface area contributed by atoms with Crippen LogP contribution in [0.4, 0.5) is 5.69 Å². The predicted octanol–water partition coefficient (Wildman–Crippen LogP) is 3.93. The van der Waals surface area contributed by atoms with E-state index in [2.05, 4.69) is 5.32 Å². The molecule has 90 valence electrons.